The number of primary amides is 1. The van der Waals surface area contributed by atoms with Gasteiger partial charge in [-0.05, 0) is 29.2 Å². The van der Waals surface area contributed by atoms with Crippen LogP contribution in [0.3, 0.4) is 0 Å². The van der Waals surface area contributed by atoms with Gasteiger partial charge in [-0.15, -0.1) is 11.8 Å². The summed E-state index contributed by atoms with van der Waals surface area (Å²) in [6.45, 7) is 8.44. The van der Waals surface area contributed by atoms with Gasteiger partial charge in [-0.2, -0.15) is 0 Å². The maximum absolute atomic E-state index is 13.0. The van der Waals surface area contributed by atoms with Crippen LogP contribution in [0.25, 0.3) is 0 Å². The SMILES string of the molecule is CC(C)c1ccc(CN2CCN(C(=O)c3ccccc3SCC(N)=O)CC2)cc1. The fourth-order valence-electron chi connectivity index (χ4n) is 3.46. The number of nitrogens with zero attached hydrogens (tertiary/aromatic N) is 2. The highest BCUT2D eigenvalue weighted by atomic mass is 32.2. The number of piperazine rings is 1. The third-order valence-corrected chi connectivity index (χ3v) is 6.30. The van der Waals surface area contributed by atoms with Gasteiger partial charge in [0, 0.05) is 37.6 Å². The number of hydrogen-bond donors (Lipinski definition) is 1. The lowest BCUT2D eigenvalue weighted by Gasteiger charge is -2.35. The first-order chi connectivity index (χ1) is 13.9. The molecule has 5 nitrogen and oxygen atoms in total. The average molecular weight is 412 g/mol. The van der Waals surface area contributed by atoms with E-state index in [4.69, 9.17) is 5.73 Å². The highest BCUT2D eigenvalue weighted by molar-refractivity contribution is 8.00. The maximum Gasteiger partial charge on any atom is 0.255 e. The van der Waals surface area contributed by atoms with Gasteiger partial charge in [-0.3, -0.25) is 14.5 Å². The summed E-state index contributed by atoms with van der Waals surface area (Å²) in [7, 11) is 0. The third-order valence-electron chi connectivity index (χ3n) is 5.20. The van der Waals surface area contributed by atoms with E-state index in [0.29, 0.717) is 24.6 Å². The van der Waals surface area contributed by atoms with Crippen LogP contribution in [0.5, 0.6) is 0 Å². The van der Waals surface area contributed by atoms with Crippen molar-refractivity contribution in [1.29, 1.82) is 0 Å². The summed E-state index contributed by atoms with van der Waals surface area (Å²) in [5.74, 6) is 0.363. The molecule has 0 unspecified atom stereocenters. The van der Waals surface area contributed by atoms with Crippen LogP contribution in [0.4, 0.5) is 0 Å². The van der Waals surface area contributed by atoms with Gasteiger partial charge in [0.15, 0.2) is 0 Å². The van der Waals surface area contributed by atoms with E-state index in [9.17, 15) is 9.59 Å². The minimum Gasteiger partial charge on any atom is -0.369 e. The van der Waals surface area contributed by atoms with Crippen LogP contribution < -0.4 is 5.73 Å². The molecule has 2 aromatic carbocycles. The summed E-state index contributed by atoms with van der Waals surface area (Å²) < 4.78 is 0. The van der Waals surface area contributed by atoms with Gasteiger partial charge in [0.1, 0.15) is 0 Å². The van der Waals surface area contributed by atoms with Crippen LogP contribution in [0.1, 0.15) is 41.3 Å². The molecule has 2 N–H and O–H groups in total. The number of carbonyl (C=O) groups excluding carboxylic acids is 2. The second-order valence-electron chi connectivity index (χ2n) is 7.72. The molecular weight excluding hydrogens is 382 g/mol. The number of thioether (sulfide) groups is 1. The zero-order chi connectivity index (χ0) is 20.8. The van der Waals surface area contributed by atoms with Crippen molar-refractivity contribution >= 4 is 23.6 Å². The Morgan fingerprint density at radius 3 is 2.28 bits per heavy atom. The molecule has 0 radical (unpaired) electrons. The van der Waals surface area contributed by atoms with Crippen molar-refractivity contribution in [1.82, 2.24) is 9.80 Å². The molecule has 0 aromatic heterocycles. The smallest absolute Gasteiger partial charge is 0.255 e. The normalized spacial score (nSPS) is 14.9. The fraction of sp³-hybridized carbons (Fsp3) is 0.391. The second kappa shape index (κ2) is 9.94. The molecule has 154 valence electrons. The minimum atomic E-state index is -0.382. The summed E-state index contributed by atoms with van der Waals surface area (Å²) in [6.07, 6.45) is 0. The Labute approximate surface area is 177 Å². The molecule has 2 amide bonds. The number of benzene rings is 2. The highest BCUT2D eigenvalue weighted by Crippen LogP contribution is 2.24. The molecular formula is C23H29N3O2S. The Bertz CT molecular complexity index is 843. The summed E-state index contributed by atoms with van der Waals surface area (Å²) in [6, 6.07) is 16.3. The van der Waals surface area contributed by atoms with E-state index in [1.54, 1.807) is 0 Å². The molecule has 1 aliphatic heterocycles. The standard InChI is InChI=1S/C23H29N3O2S/c1-17(2)19-9-7-18(8-10-19)15-25-11-13-26(14-12-25)23(28)20-5-3-4-6-21(20)29-16-22(24)27/h3-10,17H,11-16H2,1-2H3,(H2,24,27). The van der Waals surface area contributed by atoms with Gasteiger partial charge >= 0.3 is 0 Å². The van der Waals surface area contributed by atoms with E-state index in [1.165, 1.54) is 22.9 Å². The van der Waals surface area contributed by atoms with Crippen LogP contribution in [0.2, 0.25) is 0 Å². The minimum absolute atomic E-state index is 0.0264. The molecule has 1 fully saturated rings. The second-order valence-corrected chi connectivity index (χ2v) is 8.73. The molecule has 1 saturated heterocycles. The van der Waals surface area contributed by atoms with E-state index in [2.05, 4.69) is 43.0 Å². The Hall–Kier alpha value is -2.31. The largest absolute Gasteiger partial charge is 0.369 e. The fourth-order valence-corrected chi connectivity index (χ4v) is 4.25. The summed E-state index contributed by atoms with van der Waals surface area (Å²) in [5, 5.41) is 0. The van der Waals surface area contributed by atoms with Crippen molar-refractivity contribution in [3.05, 3.63) is 65.2 Å². The topological polar surface area (TPSA) is 66.6 Å². The van der Waals surface area contributed by atoms with E-state index in [-0.39, 0.29) is 17.6 Å². The quantitative estimate of drug-likeness (QED) is 0.710. The average Bonchev–Trinajstić information content (AvgIpc) is 2.73. The van der Waals surface area contributed by atoms with Crippen LogP contribution in [-0.2, 0) is 11.3 Å². The van der Waals surface area contributed by atoms with E-state index < -0.39 is 0 Å². The van der Waals surface area contributed by atoms with Crippen LogP contribution in [0, 0.1) is 0 Å². The van der Waals surface area contributed by atoms with Crippen molar-refractivity contribution < 1.29 is 9.59 Å². The molecule has 3 rings (SSSR count). The van der Waals surface area contributed by atoms with E-state index in [0.717, 1.165) is 24.5 Å². The monoisotopic (exact) mass is 411 g/mol. The molecule has 2 aromatic rings. The molecule has 0 atom stereocenters. The molecule has 6 heteroatoms. The lowest BCUT2D eigenvalue weighted by molar-refractivity contribution is -0.115. The van der Waals surface area contributed by atoms with Gasteiger partial charge < -0.3 is 10.6 Å². The Morgan fingerprint density at radius 1 is 1.00 bits per heavy atom. The van der Waals surface area contributed by atoms with Crippen LogP contribution in [-0.4, -0.2) is 53.5 Å². The van der Waals surface area contributed by atoms with Crippen molar-refractivity contribution in [3.63, 3.8) is 0 Å². The molecule has 1 aliphatic rings. The Kier molecular flexibility index (Phi) is 7.34. The molecule has 0 bridgehead atoms. The van der Waals surface area contributed by atoms with Gasteiger partial charge in [-0.1, -0.05) is 50.2 Å². The van der Waals surface area contributed by atoms with Crippen molar-refractivity contribution in [2.45, 2.75) is 31.2 Å². The first kappa shape index (κ1) is 21.4. The molecule has 29 heavy (non-hydrogen) atoms. The highest BCUT2D eigenvalue weighted by Gasteiger charge is 2.24. The predicted molar refractivity (Wildman–Crippen MR) is 118 cm³/mol. The van der Waals surface area contributed by atoms with Crippen molar-refractivity contribution in [2.24, 2.45) is 5.73 Å². The summed E-state index contributed by atoms with van der Waals surface area (Å²) in [5.41, 5.74) is 8.57. The summed E-state index contributed by atoms with van der Waals surface area (Å²) >= 11 is 1.32. The Balaban J connectivity index is 1.56. The number of amides is 2. The predicted octanol–water partition coefficient (Wildman–Crippen LogP) is 3.35. The van der Waals surface area contributed by atoms with E-state index >= 15 is 0 Å². The number of nitrogens with two attached hydrogens (primary N) is 1. The number of rotatable bonds is 7. The Morgan fingerprint density at radius 2 is 1.66 bits per heavy atom. The lowest BCUT2D eigenvalue weighted by atomic mass is 10.0. The van der Waals surface area contributed by atoms with Gasteiger partial charge in [0.05, 0.1) is 11.3 Å². The molecule has 1 heterocycles. The number of carbonyl (C=O) groups is 2. The van der Waals surface area contributed by atoms with Crippen LogP contribution >= 0.6 is 11.8 Å². The van der Waals surface area contributed by atoms with Crippen LogP contribution in [0.15, 0.2) is 53.4 Å². The lowest BCUT2D eigenvalue weighted by Crippen LogP contribution is -2.48. The third kappa shape index (κ3) is 5.84. The molecule has 0 aliphatic carbocycles. The first-order valence-electron chi connectivity index (χ1n) is 10.0. The zero-order valence-corrected chi connectivity index (χ0v) is 18.0. The van der Waals surface area contributed by atoms with Gasteiger partial charge in [0.2, 0.25) is 5.91 Å². The maximum atomic E-state index is 13.0. The molecule has 0 spiro atoms. The zero-order valence-electron chi connectivity index (χ0n) is 17.1. The first-order valence-corrected chi connectivity index (χ1v) is 11.0. The van der Waals surface area contributed by atoms with E-state index in [1.807, 2.05) is 29.2 Å². The number of hydrogen-bond acceptors (Lipinski definition) is 4. The van der Waals surface area contributed by atoms with Crippen molar-refractivity contribution in [2.75, 3.05) is 31.9 Å². The van der Waals surface area contributed by atoms with Gasteiger partial charge in [-0.25, -0.2) is 0 Å². The van der Waals surface area contributed by atoms with Crippen molar-refractivity contribution in [3.8, 4) is 0 Å². The summed E-state index contributed by atoms with van der Waals surface area (Å²) in [4.78, 5) is 29.2. The van der Waals surface area contributed by atoms with Gasteiger partial charge in [0.25, 0.3) is 5.91 Å². The molecule has 0 saturated carbocycles.